The van der Waals surface area contributed by atoms with Crippen LogP contribution in [0, 0.1) is 0 Å². The number of benzene rings is 1. The highest BCUT2D eigenvalue weighted by Gasteiger charge is 2.72. The van der Waals surface area contributed by atoms with Gasteiger partial charge in [0.05, 0.1) is 13.2 Å². The Labute approximate surface area is 115 Å². The molecule has 120 valence electrons. The van der Waals surface area contributed by atoms with Crippen LogP contribution < -0.4 is 4.74 Å². The number of rotatable bonds is 4. The molecule has 0 heterocycles. The summed E-state index contributed by atoms with van der Waals surface area (Å²) in [5, 5.41) is 9.47. The molecule has 0 fully saturated rings. The maximum absolute atomic E-state index is 13.5. The summed E-state index contributed by atoms with van der Waals surface area (Å²) in [5.74, 6) is 0.282. The van der Waals surface area contributed by atoms with Gasteiger partial charge >= 0.3 is 18.0 Å². The number of aliphatic hydroxyl groups is 1. The average molecular weight is 320 g/mol. The first-order chi connectivity index (χ1) is 9.42. The number of methoxy groups -OCH3 is 1. The Morgan fingerprint density at radius 3 is 1.71 bits per heavy atom. The average Bonchev–Trinajstić information content (AvgIpc) is 2.36. The number of hydrogen-bond donors (Lipinski definition) is 1. The van der Waals surface area contributed by atoms with Crippen molar-refractivity contribution >= 4 is 0 Å². The first-order valence-corrected chi connectivity index (χ1v) is 5.57. The van der Waals surface area contributed by atoms with E-state index in [0.717, 1.165) is 12.1 Å². The van der Waals surface area contributed by atoms with Crippen LogP contribution in [0.3, 0.4) is 0 Å². The molecule has 1 aromatic rings. The van der Waals surface area contributed by atoms with Gasteiger partial charge in [-0.05, 0) is 17.7 Å². The Morgan fingerprint density at radius 1 is 0.952 bits per heavy atom. The second kappa shape index (κ2) is 5.70. The zero-order chi connectivity index (χ0) is 16.5. The van der Waals surface area contributed by atoms with Gasteiger partial charge in [0.2, 0.25) is 0 Å². The molecule has 0 aromatic heterocycles. The highest BCUT2D eigenvalue weighted by Crippen LogP contribution is 2.50. The Morgan fingerprint density at radius 2 is 1.38 bits per heavy atom. The summed E-state index contributed by atoms with van der Waals surface area (Å²) in [6.45, 7) is 0. The number of alkyl halides is 7. The van der Waals surface area contributed by atoms with E-state index in [1.54, 1.807) is 0 Å². The smallest absolute Gasteiger partial charge is 0.431 e. The van der Waals surface area contributed by atoms with Crippen molar-refractivity contribution in [1.82, 2.24) is 0 Å². The van der Waals surface area contributed by atoms with Crippen LogP contribution in [0.5, 0.6) is 5.75 Å². The van der Waals surface area contributed by atoms with Crippen LogP contribution in [-0.4, -0.2) is 30.2 Å². The van der Waals surface area contributed by atoms with Crippen LogP contribution in [0.15, 0.2) is 24.3 Å². The SMILES string of the molecule is COc1ccc(C(O)CC(F)(C(F)(F)F)C(F)(F)F)cc1. The minimum absolute atomic E-state index is 0.282. The fourth-order valence-corrected chi connectivity index (χ4v) is 1.60. The van der Waals surface area contributed by atoms with Gasteiger partial charge in [-0.1, -0.05) is 12.1 Å². The Balaban J connectivity index is 3.03. The van der Waals surface area contributed by atoms with Crippen molar-refractivity contribution in [3.8, 4) is 5.75 Å². The molecule has 0 spiro atoms. The quantitative estimate of drug-likeness (QED) is 0.851. The van der Waals surface area contributed by atoms with Crippen LogP contribution in [0.1, 0.15) is 18.1 Å². The third-order valence-corrected chi connectivity index (χ3v) is 2.87. The summed E-state index contributed by atoms with van der Waals surface area (Å²) in [6.07, 6.45) is -16.8. The molecule has 1 rings (SSSR count). The Kier molecular flexibility index (Phi) is 4.76. The van der Waals surface area contributed by atoms with Crippen LogP contribution >= 0.6 is 0 Å². The standard InChI is InChI=1S/C12H11F7O2/c1-21-8-4-2-7(3-5-8)9(20)6-10(13,11(14,15)16)12(17,18)19/h2-5,9,20H,6H2,1H3. The number of aliphatic hydroxyl groups excluding tert-OH is 1. The summed E-state index contributed by atoms with van der Waals surface area (Å²) in [5.41, 5.74) is -5.77. The van der Waals surface area contributed by atoms with Crippen LogP contribution in [0.4, 0.5) is 30.7 Å². The molecule has 0 aliphatic heterocycles. The summed E-state index contributed by atoms with van der Waals surface area (Å²) < 4.78 is 92.4. The molecule has 0 amide bonds. The minimum Gasteiger partial charge on any atom is -0.497 e. The molecule has 0 saturated carbocycles. The van der Waals surface area contributed by atoms with Gasteiger partial charge in [-0.2, -0.15) is 26.3 Å². The van der Waals surface area contributed by atoms with E-state index < -0.39 is 30.5 Å². The van der Waals surface area contributed by atoms with Crippen molar-refractivity contribution in [3.05, 3.63) is 29.8 Å². The zero-order valence-electron chi connectivity index (χ0n) is 10.6. The third kappa shape index (κ3) is 3.58. The molecule has 1 N–H and O–H groups in total. The fourth-order valence-electron chi connectivity index (χ4n) is 1.60. The molecular weight excluding hydrogens is 309 g/mol. The highest BCUT2D eigenvalue weighted by molar-refractivity contribution is 5.28. The van der Waals surface area contributed by atoms with Crippen molar-refractivity contribution < 1.29 is 40.6 Å². The largest absolute Gasteiger partial charge is 0.497 e. The lowest BCUT2D eigenvalue weighted by atomic mass is 9.93. The minimum atomic E-state index is -6.18. The van der Waals surface area contributed by atoms with Crippen molar-refractivity contribution in [1.29, 1.82) is 0 Å². The predicted octanol–water partition coefficient (Wildman–Crippen LogP) is 3.95. The zero-order valence-corrected chi connectivity index (χ0v) is 10.6. The normalized spacial score (nSPS) is 14.9. The number of halogens is 7. The van der Waals surface area contributed by atoms with Gasteiger partial charge in [0.15, 0.2) is 0 Å². The van der Waals surface area contributed by atoms with E-state index in [9.17, 15) is 35.8 Å². The van der Waals surface area contributed by atoms with Gasteiger partial charge in [0.1, 0.15) is 5.75 Å². The molecular formula is C12H11F7O2. The molecule has 0 aliphatic carbocycles. The molecule has 0 bridgehead atoms. The van der Waals surface area contributed by atoms with Gasteiger partial charge in [0, 0.05) is 6.42 Å². The lowest BCUT2D eigenvalue weighted by Crippen LogP contribution is -2.54. The maximum Gasteiger partial charge on any atom is 0.431 e. The molecule has 0 radical (unpaired) electrons. The number of hydrogen-bond acceptors (Lipinski definition) is 2. The van der Waals surface area contributed by atoms with Crippen molar-refractivity contribution in [2.24, 2.45) is 0 Å². The van der Waals surface area contributed by atoms with E-state index in [-0.39, 0.29) is 11.3 Å². The van der Waals surface area contributed by atoms with Gasteiger partial charge in [0.25, 0.3) is 0 Å². The van der Waals surface area contributed by atoms with Crippen LogP contribution in [0.2, 0.25) is 0 Å². The van der Waals surface area contributed by atoms with E-state index in [1.165, 1.54) is 19.2 Å². The van der Waals surface area contributed by atoms with Crippen LogP contribution in [0.25, 0.3) is 0 Å². The fraction of sp³-hybridized carbons (Fsp3) is 0.500. The van der Waals surface area contributed by atoms with Crippen molar-refractivity contribution in [2.75, 3.05) is 7.11 Å². The lowest BCUT2D eigenvalue weighted by molar-refractivity contribution is -0.347. The summed E-state index contributed by atoms with van der Waals surface area (Å²) in [4.78, 5) is 0. The molecule has 9 heteroatoms. The monoisotopic (exact) mass is 320 g/mol. The van der Waals surface area contributed by atoms with Gasteiger partial charge < -0.3 is 9.84 Å². The Hall–Kier alpha value is -1.51. The van der Waals surface area contributed by atoms with E-state index >= 15 is 0 Å². The number of ether oxygens (including phenoxy) is 1. The molecule has 1 atom stereocenters. The topological polar surface area (TPSA) is 29.5 Å². The first kappa shape index (κ1) is 17.5. The molecule has 0 saturated heterocycles. The molecule has 1 unspecified atom stereocenters. The van der Waals surface area contributed by atoms with E-state index in [2.05, 4.69) is 0 Å². The molecule has 21 heavy (non-hydrogen) atoms. The lowest BCUT2D eigenvalue weighted by Gasteiger charge is -2.31. The second-order valence-electron chi connectivity index (χ2n) is 4.29. The van der Waals surface area contributed by atoms with E-state index in [1.807, 2.05) is 0 Å². The summed E-state index contributed by atoms with van der Waals surface area (Å²) >= 11 is 0. The third-order valence-electron chi connectivity index (χ3n) is 2.87. The molecule has 2 nitrogen and oxygen atoms in total. The van der Waals surface area contributed by atoms with Gasteiger partial charge in [-0.25, -0.2) is 4.39 Å². The summed E-state index contributed by atoms with van der Waals surface area (Å²) in [6, 6.07) is 4.55. The molecule has 1 aromatic carbocycles. The summed E-state index contributed by atoms with van der Waals surface area (Å²) in [7, 11) is 1.30. The maximum atomic E-state index is 13.5. The Bertz CT molecular complexity index is 450. The predicted molar refractivity (Wildman–Crippen MR) is 58.5 cm³/mol. The van der Waals surface area contributed by atoms with Gasteiger partial charge in [-0.15, -0.1) is 0 Å². The van der Waals surface area contributed by atoms with Crippen molar-refractivity contribution in [2.45, 2.75) is 30.5 Å². The van der Waals surface area contributed by atoms with Gasteiger partial charge in [-0.3, -0.25) is 0 Å². The van der Waals surface area contributed by atoms with E-state index in [4.69, 9.17) is 4.74 Å². The van der Waals surface area contributed by atoms with E-state index in [0.29, 0.717) is 0 Å². The molecule has 0 aliphatic rings. The van der Waals surface area contributed by atoms with Crippen molar-refractivity contribution in [3.63, 3.8) is 0 Å². The second-order valence-corrected chi connectivity index (χ2v) is 4.29. The van der Waals surface area contributed by atoms with Crippen LogP contribution in [-0.2, 0) is 0 Å². The first-order valence-electron chi connectivity index (χ1n) is 5.57. The highest BCUT2D eigenvalue weighted by atomic mass is 19.4.